The summed E-state index contributed by atoms with van der Waals surface area (Å²) < 4.78 is 0. The summed E-state index contributed by atoms with van der Waals surface area (Å²) in [5.41, 5.74) is 0.313. The van der Waals surface area contributed by atoms with E-state index in [1.54, 1.807) is 30.3 Å². The fraction of sp³-hybridized carbons (Fsp3) is 0.154. The summed E-state index contributed by atoms with van der Waals surface area (Å²) in [6.45, 7) is 0. The van der Waals surface area contributed by atoms with Gasteiger partial charge in [-0.05, 0) is 5.56 Å². The lowest BCUT2D eigenvalue weighted by atomic mass is 10.1. The number of aromatic nitrogens is 2. The second-order valence-electron chi connectivity index (χ2n) is 4.26. The first kappa shape index (κ1) is 14.4. The van der Waals surface area contributed by atoms with Crippen molar-refractivity contribution in [3.63, 3.8) is 0 Å². The number of hydrogen-bond acceptors (Lipinski definition) is 6. The van der Waals surface area contributed by atoms with Crippen LogP contribution in [0.25, 0.3) is 0 Å². The van der Waals surface area contributed by atoms with Crippen molar-refractivity contribution in [3.05, 3.63) is 58.4 Å². The Labute approximate surface area is 119 Å². The molecule has 0 saturated carbocycles. The normalized spacial score (nSPS) is 11.7. The van der Waals surface area contributed by atoms with E-state index in [2.05, 4.69) is 9.97 Å². The molecule has 2 rings (SSSR count). The number of anilines is 1. The van der Waals surface area contributed by atoms with Crippen LogP contribution < -0.4 is 4.90 Å². The molecule has 0 spiro atoms. The maximum Gasteiger partial charge on any atom is 0.331 e. The van der Waals surface area contributed by atoms with Gasteiger partial charge in [-0.1, -0.05) is 30.3 Å². The molecule has 8 nitrogen and oxygen atoms in total. The smallest absolute Gasteiger partial charge is 0.331 e. The molecular weight excluding hydrogens is 276 g/mol. The highest BCUT2D eigenvalue weighted by atomic mass is 16.6. The molecule has 8 heteroatoms. The Hall–Kier alpha value is -3.03. The summed E-state index contributed by atoms with van der Waals surface area (Å²) in [7, 11) is 1.52. The lowest BCUT2D eigenvalue weighted by Gasteiger charge is -2.24. The third-order valence-electron chi connectivity index (χ3n) is 2.89. The molecule has 0 fully saturated rings. The molecule has 1 atom stereocenters. The highest BCUT2D eigenvalue weighted by Crippen LogP contribution is 2.23. The molecule has 1 heterocycles. The van der Waals surface area contributed by atoms with Crippen LogP contribution in [-0.4, -0.2) is 33.0 Å². The zero-order valence-corrected chi connectivity index (χ0v) is 11.1. The van der Waals surface area contributed by atoms with Crippen LogP contribution in [0.5, 0.6) is 0 Å². The Morgan fingerprint density at radius 2 is 1.86 bits per heavy atom. The van der Waals surface area contributed by atoms with Gasteiger partial charge in [-0.25, -0.2) is 14.8 Å². The van der Waals surface area contributed by atoms with Crippen molar-refractivity contribution in [3.8, 4) is 0 Å². The first-order chi connectivity index (χ1) is 10.0. The van der Waals surface area contributed by atoms with Gasteiger partial charge in [0.1, 0.15) is 12.4 Å². The Kier molecular flexibility index (Phi) is 4.07. The second-order valence-corrected chi connectivity index (χ2v) is 4.26. The summed E-state index contributed by atoms with van der Waals surface area (Å²) in [6.07, 6.45) is 2.09. The third-order valence-corrected chi connectivity index (χ3v) is 2.89. The second kappa shape index (κ2) is 5.95. The van der Waals surface area contributed by atoms with Crippen molar-refractivity contribution in [2.24, 2.45) is 0 Å². The Balaban J connectivity index is 2.33. The van der Waals surface area contributed by atoms with Gasteiger partial charge in [0.15, 0.2) is 6.04 Å². The Bertz CT molecular complexity index is 645. The van der Waals surface area contributed by atoms with Gasteiger partial charge in [0.2, 0.25) is 5.95 Å². The van der Waals surface area contributed by atoms with Gasteiger partial charge in [0.05, 0.1) is 4.92 Å². The standard InChI is InChI=1S/C13H12N4O4/c1-16(13-14-7-10(8-15-13)17(20)21)11(12(18)19)9-5-3-2-4-6-9/h2-8,11H,1H3,(H,18,19). The molecule has 1 N–H and O–H groups in total. The molecule has 0 aliphatic carbocycles. The van der Waals surface area contributed by atoms with E-state index in [0.717, 1.165) is 12.4 Å². The lowest BCUT2D eigenvalue weighted by molar-refractivity contribution is -0.385. The molecular formula is C13H12N4O4. The number of nitro groups is 1. The van der Waals surface area contributed by atoms with E-state index in [0.29, 0.717) is 5.56 Å². The number of benzene rings is 1. The number of carbonyl (C=O) groups is 1. The molecule has 21 heavy (non-hydrogen) atoms. The minimum absolute atomic E-state index is 0.0943. The minimum atomic E-state index is -1.06. The highest BCUT2D eigenvalue weighted by molar-refractivity contribution is 5.79. The van der Waals surface area contributed by atoms with Crippen LogP contribution in [-0.2, 0) is 4.79 Å². The summed E-state index contributed by atoms with van der Waals surface area (Å²) in [6, 6.07) is 7.63. The first-order valence-corrected chi connectivity index (χ1v) is 5.97. The molecule has 1 aromatic heterocycles. The topological polar surface area (TPSA) is 109 Å². The van der Waals surface area contributed by atoms with Crippen molar-refractivity contribution in [2.45, 2.75) is 6.04 Å². The number of rotatable bonds is 5. The van der Waals surface area contributed by atoms with Crippen molar-refractivity contribution >= 4 is 17.6 Å². The molecule has 0 aliphatic rings. The van der Waals surface area contributed by atoms with Crippen LogP contribution in [0, 0.1) is 10.1 Å². The predicted molar refractivity (Wildman–Crippen MR) is 73.9 cm³/mol. The van der Waals surface area contributed by atoms with Gasteiger partial charge in [0, 0.05) is 7.05 Å². The molecule has 0 radical (unpaired) electrons. The van der Waals surface area contributed by atoms with Crippen LogP contribution >= 0.6 is 0 Å². The number of aliphatic carboxylic acids is 1. The van der Waals surface area contributed by atoms with E-state index in [1.807, 2.05) is 0 Å². The maximum absolute atomic E-state index is 11.5. The summed E-state index contributed by atoms with van der Waals surface area (Å²) in [5.74, 6) is -0.970. The quantitative estimate of drug-likeness (QED) is 0.657. The highest BCUT2D eigenvalue weighted by Gasteiger charge is 2.26. The zero-order chi connectivity index (χ0) is 15.4. The van der Waals surface area contributed by atoms with Gasteiger partial charge in [-0.3, -0.25) is 10.1 Å². The van der Waals surface area contributed by atoms with Gasteiger partial charge < -0.3 is 10.0 Å². The first-order valence-electron chi connectivity index (χ1n) is 5.97. The maximum atomic E-state index is 11.5. The van der Waals surface area contributed by atoms with Crippen molar-refractivity contribution in [1.82, 2.24) is 9.97 Å². The third kappa shape index (κ3) is 3.11. The summed E-state index contributed by atoms with van der Waals surface area (Å²) in [4.78, 5) is 30.5. The molecule has 0 saturated heterocycles. The molecule has 108 valence electrons. The molecule has 0 aliphatic heterocycles. The van der Waals surface area contributed by atoms with E-state index in [1.165, 1.54) is 11.9 Å². The largest absolute Gasteiger partial charge is 0.479 e. The molecule has 2 aromatic rings. The molecule has 1 aromatic carbocycles. The summed E-state index contributed by atoms with van der Waals surface area (Å²) in [5, 5.41) is 20.0. The van der Waals surface area contributed by atoms with Crippen molar-refractivity contribution in [2.75, 3.05) is 11.9 Å². The van der Waals surface area contributed by atoms with E-state index in [-0.39, 0.29) is 11.6 Å². The number of hydrogen-bond donors (Lipinski definition) is 1. The number of likely N-dealkylation sites (N-methyl/N-ethyl adjacent to an activating group) is 1. The number of carboxylic acids is 1. The lowest BCUT2D eigenvalue weighted by Crippen LogP contribution is -2.32. The van der Waals surface area contributed by atoms with E-state index < -0.39 is 16.9 Å². The fourth-order valence-electron chi connectivity index (χ4n) is 1.87. The van der Waals surface area contributed by atoms with Crippen LogP contribution in [0.15, 0.2) is 42.7 Å². The van der Waals surface area contributed by atoms with E-state index in [9.17, 15) is 20.0 Å². The minimum Gasteiger partial charge on any atom is -0.479 e. The predicted octanol–water partition coefficient (Wildman–Crippen LogP) is 1.65. The Morgan fingerprint density at radius 3 is 2.33 bits per heavy atom. The van der Waals surface area contributed by atoms with Crippen LogP contribution in [0.1, 0.15) is 11.6 Å². The van der Waals surface area contributed by atoms with Crippen molar-refractivity contribution < 1.29 is 14.8 Å². The summed E-state index contributed by atoms with van der Waals surface area (Å²) >= 11 is 0. The van der Waals surface area contributed by atoms with Gasteiger partial charge >= 0.3 is 11.7 Å². The van der Waals surface area contributed by atoms with Gasteiger partial charge in [0.25, 0.3) is 0 Å². The average molecular weight is 288 g/mol. The Morgan fingerprint density at radius 1 is 1.29 bits per heavy atom. The molecule has 0 amide bonds. The molecule has 1 unspecified atom stereocenters. The fourth-order valence-corrected chi connectivity index (χ4v) is 1.87. The average Bonchev–Trinajstić information content (AvgIpc) is 2.48. The van der Waals surface area contributed by atoms with E-state index in [4.69, 9.17) is 0 Å². The van der Waals surface area contributed by atoms with E-state index >= 15 is 0 Å². The van der Waals surface area contributed by atoms with Crippen molar-refractivity contribution in [1.29, 1.82) is 0 Å². The van der Waals surface area contributed by atoms with Crippen LogP contribution in [0.4, 0.5) is 11.6 Å². The van der Waals surface area contributed by atoms with Crippen LogP contribution in [0.2, 0.25) is 0 Å². The monoisotopic (exact) mass is 288 g/mol. The zero-order valence-electron chi connectivity index (χ0n) is 11.1. The van der Waals surface area contributed by atoms with Crippen LogP contribution in [0.3, 0.4) is 0 Å². The number of nitrogens with zero attached hydrogens (tertiary/aromatic N) is 4. The SMILES string of the molecule is CN(c1ncc([N+](=O)[O-])cn1)C(C(=O)O)c1ccccc1. The van der Waals surface area contributed by atoms with Gasteiger partial charge in [-0.2, -0.15) is 0 Å². The molecule has 0 bridgehead atoms. The number of carboxylic acid groups (broad SMARTS) is 1. The van der Waals surface area contributed by atoms with Gasteiger partial charge in [-0.15, -0.1) is 0 Å².